The molecule has 5 aromatic rings. The number of amides is 1. The van der Waals surface area contributed by atoms with Crippen molar-refractivity contribution in [2.45, 2.75) is 6.18 Å². The number of benzene rings is 4. The van der Waals surface area contributed by atoms with Crippen molar-refractivity contribution in [3.63, 3.8) is 0 Å². The van der Waals surface area contributed by atoms with E-state index in [0.717, 1.165) is 12.1 Å². The van der Waals surface area contributed by atoms with E-state index in [0.29, 0.717) is 47.1 Å². The highest BCUT2D eigenvalue weighted by molar-refractivity contribution is 9.10. The van der Waals surface area contributed by atoms with Gasteiger partial charge in [-0.25, -0.2) is 10.2 Å². The van der Waals surface area contributed by atoms with E-state index in [1.165, 1.54) is 18.3 Å². The molecule has 0 bridgehead atoms. The first-order chi connectivity index (χ1) is 20.4. The molecule has 13 heteroatoms. The number of carbonyl (C=O) groups is 2. The zero-order valence-corrected chi connectivity index (χ0v) is 26.1. The van der Waals surface area contributed by atoms with Crippen molar-refractivity contribution in [1.29, 1.82) is 0 Å². The number of esters is 1. The van der Waals surface area contributed by atoms with Crippen LogP contribution in [0.4, 0.5) is 13.2 Å². The van der Waals surface area contributed by atoms with Gasteiger partial charge in [-0.2, -0.15) is 18.3 Å². The summed E-state index contributed by atoms with van der Waals surface area (Å²) in [6.45, 7) is 0. The molecular formula is C30H16Br2Cl2F3N3O3. The Morgan fingerprint density at radius 2 is 1.67 bits per heavy atom. The molecule has 0 aliphatic heterocycles. The van der Waals surface area contributed by atoms with E-state index in [1.807, 2.05) is 6.07 Å². The van der Waals surface area contributed by atoms with E-state index in [4.69, 9.17) is 27.9 Å². The standard InChI is InChI=1S/C30H16Br2Cl2F3N3O3/c31-18-8-9-24(43-29(42)15-4-3-5-17(10-15)30(35,36)37)16(11-18)14-38-40-28(41)27-25(20-6-1-2-7-22(20)33)21-12-19(32)13-23(34)26(21)39-27/h1-14,39H,(H,40,41). The number of aromatic nitrogens is 1. The summed E-state index contributed by atoms with van der Waals surface area (Å²) in [6.07, 6.45) is -3.39. The molecule has 1 amide bonds. The van der Waals surface area contributed by atoms with Crippen LogP contribution in [0, 0.1) is 0 Å². The Bertz CT molecular complexity index is 1930. The average molecular weight is 754 g/mol. The molecule has 1 aromatic heterocycles. The van der Waals surface area contributed by atoms with Crippen molar-refractivity contribution in [3.05, 3.63) is 120 Å². The monoisotopic (exact) mass is 751 g/mol. The second-order valence-corrected chi connectivity index (χ2v) is 11.7. The van der Waals surface area contributed by atoms with E-state index in [1.54, 1.807) is 42.5 Å². The highest BCUT2D eigenvalue weighted by Crippen LogP contribution is 2.40. The molecule has 0 aliphatic rings. The second-order valence-electron chi connectivity index (χ2n) is 9.01. The molecule has 4 aromatic carbocycles. The number of rotatable bonds is 6. The first-order valence-electron chi connectivity index (χ1n) is 12.2. The Labute approximate surface area is 269 Å². The zero-order chi connectivity index (χ0) is 30.9. The van der Waals surface area contributed by atoms with Crippen molar-refractivity contribution in [1.82, 2.24) is 10.4 Å². The highest BCUT2D eigenvalue weighted by Gasteiger charge is 2.31. The van der Waals surface area contributed by atoms with Crippen LogP contribution in [0.5, 0.6) is 5.75 Å². The molecule has 0 unspecified atom stereocenters. The first kappa shape index (κ1) is 30.8. The minimum atomic E-state index is -4.62. The van der Waals surface area contributed by atoms with E-state index >= 15 is 0 Å². The molecule has 0 fully saturated rings. The van der Waals surface area contributed by atoms with Crippen LogP contribution in [-0.4, -0.2) is 23.1 Å². The summed E-state index contributed by atoms with van der Waals surface area (Å²) in [7, 11) is 0. The van der Waals surface area contributed by atoms with Gasteiger partial charge in [-0.3, -0.25) is 4.79 Å². The minimum Gasteiger partial charge on any atom is -0.422 e. The highest BCUT2D eigenvalue weighted by atomic mass is 79.9. The molecule has 0 spiro atoms. The fraction of sp³-hybridized carbons (Fsp3) is 0.0333. The molecule has 0 radical (unpaired) electrons. The number of nitrogens with one attached hydrogen (secondary N) is 2. The second kappa shape index (κ2) is 12.5. The number of hydrogen-bond acceptors (Lipinski definition) is 4. The number of ether oxygens (including phenoxy) is 1. The summed E-state index contributed by atoms with van der Waals surface area (Å²) in [4.78, 5) is 29.1. The zero-order valence-electron chi connectivity index (χ0n) is 21.4. The Morgan fingerprint density at radius 1 is 0.907 bits per heavy atom. The van der Waals surface area contributed by atoms with Gasteiger partial charge in [0.1, 0.15) is 11.4 Å². The van der Waals surface area contributed by atoms with Gasteiger partial charge in [0.15, 0.2) is 0 Å². The Morgan fingerprint density at radius 3 is 2.42 bits per heavy atom. The van der Waals surface area contributed by atoms with E-state index in [-0.39, 0.29) is 22.6 Å². The molecule has 218 valence electrons. The van der Waals surface area contributed by atoms with Crippen LogP contribution in [0.2, 0.25) is 10.0 Å². The van der Waals surface area contributed by atoms with Crippen molar-refractivity contribution in [3.8, 4) is 16.9 Å². The van der Waals surface area contributed by atoms with Gasteiger partial charge >= 0.3 is 12.1 Å². The van der Waals surface area contributed by atoms with Crippen LogP contribution in [0.25, 0.3) is 22.0 Å². The van der Waals surface area contributed by atoms with Crippen molar-refractivity contribution < 1.29 is 27.5 Å². The van der Waals surface area contributed by atoms with Crippen molar-refractivity contribution in [2.24, 2.45) is 5.10 Å². The summed E-state index contributed by atoms with van der Waals surface area (Å²) in [5, 5.41) is 5.47. The largest absolute Gasteiger partial charge is 0.422 e. The summed E-state index contributed by atoms with van der Waals surface area (Å²) >= 11 is 19.7. The number of carbonyl (C=O) groups excluding carboxylic acids is 2. The number of H-pyrrole nitrogens is 1. The van der Waals surface area contributed by atoms with Gasteiger partial charge in [0, 0.05) is 36.0 Å². The fourth-order valence-corrected chi connectivity index (χ4v) is 5.71. The Balaban J connectivity index is 1.43. The lowest BCUT2D eigenvalue weighted by Gasteiger charge is -2.10. The topological polar surface area (TPSA) is 83.5 Å². The van der Waals surface area contributed by atoms with Crippen LogP contribution < -0.4 is 10.2 Å². The van der Waals surface area contributed by atoms with Gasteiger partial charge in [0.05, 0.1) is 27.9 Å². The molecule has 1 heterocycles. The van der Waals surface area contributed by atoms with Crippen LogP contribution >= 0.6 is 55.1 Å². The molecule has 0 atom stereocenters. The number of halogens is 7. The Hall–Kier alpha value is -3.64. The van der Waals surface area contributed by atoms with Crippen molar-refractivity contribution in [2.75, 3.05) is 0 Å². The van der Waals surface area contributed by atoms with E-state index < -0.39 is 23.6 Å². The van der Waals surface area contributed by atoms with Crippen LogP contribution in [-0.2, 0) is 6.18 Å². The van der Waals surface area contributed by atoms with Gasteiger partial charge in [0.2, 0.25) is 0 Å². The van der Waals surface area contributed by atoms with E-state index in [9.17, 15) is 22.8 Å². The summed E-state index contributed by atoms with van der Waals surface area (Å²) < 4.78 is 46.0. The Kier molecular flexibility index (Phi) is 8.98. The number of fused-ring (bicyclic) bond motifs is 1. The van der Waals surface area contributed by atoms with Crippen molar-refractivity contribution >= 4 is 84.1 Å². The third-order valence-electron chi connectivity index (χ3n) is 6.16. The molecule has 2 N–H and O–H groups in total. The number of hydrogen-bond donors (Lipinski definition) is 2. The number of hydrazone groups is 1. The number of alkyl halides is 3. The van der Waals surface area contributed by atoms with Gasteiger partial charge in [-0.1, -0.05) is 79.3 Å². The predicted molar refractivity (Wildman–Crippen MR) is 167 cm³/mol. The molecule has 6 nitrogen and oxygen atoms in total. The maximum atomic E-state index is 13.4. The predicted octanol–water partition coefficient (Wildman–Crippen LogP) is 9.67. The summed E-state index contributed by atoms with van der Waals surface area (Å²) in [5.74, 6) is -1.62. The quantitative estimate of drug-likeness (QED) is 0.0784. The smallest absolute Gasteiger partial charge is 0.416 e. The van der Waals surface area contributed by atoms with Gasteiger partial charge in [0.25, 0.3) is 5.91 Å². The minimum absolute atomic E-state index is 0.00242. The SMILES string of the molecule is O=C(Oc1ccc(Br)cc1C=NNC(=O)c1[nH]c2c(Cl)cc(Br)cc2c1-c1ccccc1Cl)c1cccc(C(F)(F)F)c1. The maximum Gasteiger partial charge on any atom is 0.416 e. The lowest BCUT2D eigenvalue weighted by Crippen LogP contribution is -2.19. The lowest BCUT2D eigenvalue weighted by atomic mass is 10.0. The fourth-order valence-electron chi connectivity index (χ4n) is 4.24. The van der Waals surface area contributed by atoms with Gasteiger partial charge < -0.3 is 9.72 Å². The molecule has 43 heavy (non-hydrogen) atoms. The van der Waals surface area contributed by atoms with Crippen LogP contribution in [0.3, 0.4) is 0 Å². The van der Waals surface area contributed by atoms with E-state index in [2.05, 4.69) is 47.4 Å². The van der Waals surface area contributed by atoms with Crippen LogP contribution in [0.1, 0.15) is 32.0 Å². The third kappa shape index (κ3) is 6.80. The molecular weight excluding hydrogens is 738 g/mol. The van der Waals surface area contributed by atoms with Gasteiger partial charge in [-0.15, -0.1) is 0 Å². The number of nitrogens with zero attached hydrogens (tertiary/aromatic N) is 1. The summed E-state index contributed by atoms with van der Waals surface area (Å²) in [6, 6.07) is 19.0. The molecule has 0 saturated heterocycles. The third-order valence-corrected chi connectivity index (χ3v) is 7.74. The normalized spacial score (nSPS) is 11.7. The summed E-state index contributed by atoms with van der Waals surface area (Å²) in [5.41, 5.74) is 3.20. The lowest BCUT2D eigenvalue weighted by molar-refractivity contribution is -0.137. The maximum absolute atomic E-state index is 13.4. The van der Waals surface area contributed by atoms with Crippen LogP contribution in [0.15, 0.2) is 92.9 Å². The average Bonchev–Trinajstić information content (AvgIpc) is 3.34. The first-order valence-corrected chi connectivity index (χ1v) is 14.5. The molecule has 0 aliphatic carbocycles. The van der Waals surface area contributed by atoms with Gasteiger partial charge in [-0.05, 0) is 54.6 Å². The molecule has 0 saturated carbocycles. The molecule has 5 rings (SSSR count). The number of aromatic amines is 1.